The number of nitrogen functional groups attached to an aromatic ring is 1. The van der Waals surface area contributed by atoms with Gasteiger partial charge in [0.2, 0.25) is 5.91 Å². The number of carbonyl (C=O) groups excluding carboxylic acids is 1. The van der Waals surface area contributed by atoms with Crippen LogP contribution in [0.2, 0.25) is 0 Å². The maximum absolute atomic E-state index is 12.1. The lowest BCUT2D eigenvalue weighted by Gasteiger charge is -2.23. The molecule has 1 fully saturated rings. The number of nitrogens with one attached hydrogen (secondary N) is 1. The summed E-state index contributed by atoms with van der Waals surface area (Å²) < 4.78 is 29.4. The van der Waals surface area contributed by atoms with Gasteiger partial charge in [0.1, 0.15) is 5.75 Å². The second-order valence-corrected chi connectivity index (χ2v) is 6.78. The van der Waals surface area contributed by atoms with E-state index in [0.717, 1.165) is 0 Å². The van der Waals surface area contributed by atoms with Gasteiger partial charge in [-0.05, 0) is 31.0 Å². The van der Waals surface area contributed by atoms with Gasteiger partial charge in [-0.2, -0.15) is 0 Å². The predicted molar refractivity (Wildman–Crippen MR) is 74.9 cm³/mol. The molecule has 0 spiro atoms. The van der Waals surface area contributed by atoms with Gasteiger partial charge < -0.3 is 15.8 Å². The summed E-state index contributed by atoms with van der Waals surface area (Å²) in [4.78, 5) is 11.9. The van der Waals surface area contributed by atoms with Crippen molar-refractivity contribution in [3.63, 3.8) is 0 Å². The first kappa shape index (κ1) is 14.8. The number of carbonyl (C=O) groups is 1. The fourth-order valence-electron chi connectivity index (χ4n) is 2.08. The lowest BCUT2D eigenvalue weighted by molar-refractivity contribution is -0.119. The molecule has 1 heterocycles. The van der Waals surface area contributed by atoms with E-state index in [0.29, 0.717) is 31.7 Å². The van der Waals surface area contributed by atoms with Crippen LogP contribution in [0.1, 0.15) is 12.8 Å². The fourth-order valence-corrected chi connectivity index (χ4v) is 3.27. The molecule has 2 rings (SSSR count). The number of nitrogens with two attached hydrogens (primary N) is 1. The topological polar surface area (TPSA) is 98.5 Å². The van der Waals surface area contributed by atoms with Gasteiger partial charge in [-0.3, -0.25) is 4.79 Å². The van der Waals surface area contributed by atoms with Gasteiger partial charge in [0.05, 0.1) is 4.90 Å². The molecule has 1 saturated heterocycles. The number of anilines is 1. The average Bonchev–Trinajstić information content (AvgIpc) is 2.39. The van der Waals surface area contributed by atoms with Gasteiger partial charge >= 0.3 is 0 Å². The Bertz CT molecular complexity index is 580. The number of ether oxygens (including phenoxy) is 1. The molecule has 0 unspecified atom stereocenters. The largest absolute Gasteiger partial charge is 0.399 e. The van der Waals surface area contributed by atoms with Crippen LogP contribution in [0.4, 0.5) is 5.69 Å². The fraction of sp³-hybridized carbons (Fsp3) is 0.462. The zero-order chi connectivity index (χ0) is 14.6. The van der Waals surface area contributed by atoms with Crippen LogP contribution in [0.3, 0.4) is 0 Å². The molecule has 0 saturated carbocycles. The highest BCUT2D eigenvalue weighted by Crippen LogP contribution is 2.14. The van der Waals surface area contributed by atoms with Crippen LogP contribution in [0, 0.1) is 0 Å². The monoisotopic (exact) mass is 298 g/mol. The first-order chi connectivity index (χ1) is 9.47. The molecule has 20 heavy (non-hydrogen) atoms. The van der Waals surface area contributed by atoms with Gasteiger partial charge in [0.15, 0.2) is 9.84 Å². The van der Waals surface area contributed by atoms with Gasteiger partial charge in [-0.15, -0.1) is 0 Å². The summed E-state index contributed by atoms with van der Waals surface area (Å²) in [5.41, 5.74) is 5.91. The molecule has 7 heteroatoms. The van der Waals surface area contributed by atoms with Crippen molar-refractivity contribution >= 4 is 21.4 Å². The van der Waals surface area contributed by atoms with Crippen molar-refractivity contribution in [1.29, 1.82) is 0 Å². The standard InChI is InChI=1S/C13H18N2O4S/c14-10-2-1-3-12(8-10)20(17,18)9-13(16)15-11-4-6-19-7-5-11/h1-3,8,11H,4-7,9,14H2,(H,15,16). The van der Waals surface area contributed by atoms with Crippen LogP contribution < -0.4 is 11.1 Å². The van der Waals surface area contributed by atoms with Gasteiger partial charge in [0, 0.05) is 24.9 Å². The Morgan fingerprint density at radius 1 is 1.35 bits per heavy atom. The van der Waals surface area contributed by atoms with Crippen molar-refractivity contribution in [1.82, 2.24) is 5.32 Å². The van der Waals surface area contributed by atoms with E-state index >= 15 is 0 Å². The molecule has 1 aliphatic rings. The van der Waals surface area contributed by atoms with Crippen molar-refractivity contribution in [2.24, 2.45) is 0 Å². The lowest BCUT2D eigenvalue weighted by Crippen LogP contribution is -2.41. The smallest absolute Gasteiger partial charge is 0.235 e. The van der Waals surface area contributed by atoms with Crippen LogP contribution in [0.15, 0.2) is 29.2 Å². The minimum absolute atomic E-state index is 0.00714. The summed E-state index contributed by atoms with van der Waals surface area (Å²) >= 11 is 0. The molecule has 1 aliphatic heterocycles. The van der Waals surface area contributed by atoms with Crippen molar-refractivity contribution < 1.29 is 17.9 Å². The van der Waals surface area contributed by atoms with Crippen molar-refractivity contribution in [3.8, 4) is 0 Å². The van der Waals surface area contributed by atoms with E-state index in [-0.39, 0.29) is 10.9 Å². The molecule has 0 aliphatic carbocycles. The molecular weight excluding hydrogens is 280 g/mol. The summed E-state index contributed by atoms with van der Waals surface area (Å²) in [6.07, 6.45) is 1.42. The van der Waals surface area contributed by atoms with Crippen LogP contribution in [-0.2, 0) is 19.4 Å². The Labute approximate surface area is 118 Å². The van der Waals surface area contributed by atoms with Crippen LogP contribution in [0.25, 0.3) is 0 Å². The first-order valence-electron chi connectivity index (χ1n) is 6.43. The third-order valence-electron chi connectivity index (χ3n) is 3.12. The quantitative estimate of drug-likeness (QED) is 0.781. The summed E-state index contributed by atoms with van der Waals surface area (Å²) in [5.74, 6) is -1.05. The van der Waals surface area contributed by atoms with E-state index in [9.17, 15) is 13.2 Å². The van der Waals surface area contributed by atoms with Crippen molar-refractivity contribution in [3.05, 3.63) is 24.3 Å². The van der Waals surface area contributed by atoms with Crippen molar-refractivity contribution in [2.75, 3.05) is 24.7 Å². The molecule has 0 atom stereocenters. The van der Waals surface area contributed by atoms with Crippen LogP contribution >= 0.6 is 0 Å². The number of benzene rings is 1. The van der Waals surface area contributed by atoms with E-state index < -0.39 is 21.5 Å². The zero-order valence-electron chi connectivity index (χ0n) is 11.0. The van der Waals surface area contributed by atoms with Gasteiger partial charge in [-0.25, -0.2) is 8.42 Å². The third kappa shape index (κ3) is 3.94. The Balaban J connectivity index is 1.99. The van der Waals surface area contributed by atoms with Gasteiger partial charge in [0.25, 0.3) is 0 Å². The molecule has 0 bridgehead atoms. The summed E-state index contributed by atoms with van der Waals surface area (Å²) in [7, 11) is -3.66. The van der Waals surface area contributed by atoms with E-state index in [1.54, 1.807) is 12.1 Å². The Morgan fingerprint density at radius 3 is 2.70 bits per heavy atom. The molecule has 0 aromatic heterocycles. The number of rotatable bonds is 4. The molecule has 1 amide bonds. The number of amides is 1. The normalized spacial score (nSPS) is 16.8. The van der Waals surface area contributed by atoms with E-state index in [4.69, 9.17) is 10.5 Å². The Morgan fingerprint density at radius 2 is 2.05 bits per heavy atom. The third-order valence-corrected chi connectivity index (χ3v) is 4.74. The molecule has 0 radical (unpaired) electrons. The number of hydrogen-bond acceptors (Lipinski definition) is 5. The second-order valence-electron chi connectivity index (χ2n) is 4.79. The molecule has 6 nitrogen and oxygen atoms in total. The van der Waals surface area contributed by atoms with E-state index in [1.165, 1.54) is 12.1 Å². The number of sulfone groups is 1. The SMILES string of the molecule is Nc1cccc(S(=O)(=O)CC(=O)NC2CCOCC2)c1. The van der Waals surface area contributed by atoms with Gasteiger partial charge in [-0.1, -0.05) is 6.07 Å². The molecular formula is C13H18N2O4S. The summed E-state index contributed by atoms with van der Waals surface area (Å²) in [6, 6.07) is 5.94. The Kier molecular flexibility index (Phi) is 4.61. The summed E-state index contributed by atoms with van der Waals surface area (Å²) in [5, 5.41) is 2.73. The minimum atomic E-state index is -3.66. The highest BCUT2D eigenvalue weighted by atomic mass is 32.2. The zero-order valence-corrected chi connectivity index (χ0v) is 11.9. The van der Waals surface area contributed by atoms with Crippen LogP contribution in [-0.4, -0.2) is 39.3 Å². The number of hydrogen-bond donors (Lipinski definition) is 2. The maximum atomic E-state index is 12.1. The van der Waals surface area contributed by atoms with E-state index in [1.807, 2.05) is 0 Å². The van der Waals surface area contributed by atoms with Crippen molar-refractivity contribution in [2.45, 2.75) is 23.8 Å². The molecule has 1 aromatic carbocycles. The highest BCUT2D eigenvalue weighted by Gasteiger charge is 2.22. The second kappa shape index (κ2) is 6.23. The van der Waals surface area contributed by atoms with Crippen LogP contribution in [0.5, 0.6) is 0 Å². The minimum Gasteiger partial charge on any atom is -0.399 e. The Hall–Kier alpha value is -1.60. The predicted octanol–water partition coefficient (Wildman–Crippen LogP) is 0.338. The van der Waals surface area contributed by atoms with E-state index in [2.05, 4.69) is 5.32 Å². The lowest BCUT2D eigenvalue weighted by atomic mass is 10.1. The maximum Gasteiger partial charge on any atom is 0.235 e. The molecule has 3 N–H and O–H groups in total. The summed E-state index contributed by atoms with van der Waals surface area (Å²) in [6.45, 7) is 1.18. The molecule has 110 valence electrons. The average molecular weight is 298 g/mol. The molecule has 1 aromatic rings. The highest BCUT2D eigenvalue weighted by molar-refractivity contribution is 7.92. The first-order valence-corrected chi connectivity index (χ1v) is 8.08.